The van der Waals surface area contributed by atoms with Crippen LogP contribution in [-0.2, 0) is 0 Å². The summed E-state index contributed by atoms with van der Waals surface area (Å²) < 4.78 is 66.9. The summed E-state index contributed by atoms with van der Waals surface area (Å²) >= 11 is 6.33. The van der Waals surface area contributed by atoms with E-state index in [1.54, 1.807) is 24.4 Å². The summed E-state index contributed by atoms with van der Waals surface area (Å²) in [6, 6.07) is 6.30. The molecule has 2 heterocycles. The SMILES string of the molecule is FC1(F)CC1COc1ccc(Br)cn1.Fc1ccc(Br)cn1.OCC1CC1(F)F. The van der Waals surface area contributed by atoms with Crippen molar-refractivity contribution < 1.29 is 31.8 Å². The average Bonchev–Trinajstić information content (AvgIpc) is 3.51. The van der Waals surface area contributed by atoms with Crippen LogP contribution in [0.4, 0.5) is 22.0 Å². The molecule has 0 amide bonds. The summed E-state index contributed by atoms with van der Waals surface area (Å²) in [7, 11) is 0. The molecule has 2 fully saturated rings. The van der Waals surface area contributed by atoms with E-state index in [2.05, 4.69) is 41.8 Å². The van der Waals surface area contributed by atoms with E-state index in [1.165, 1.54) is 12.3 Å². The number of aromatic nitrogens is 2. The van der Waals surface area contributed by atoms with Crippen LogP contribution in [-0.4, -0.2) is 40.1 Å². The zero-order valence-corrected chi connectivity index (χ0v) is 18.0. The van der Waals surface area contributed by atoms with Crippen LogP contribution in [0.2, 0.25) is 0 Å². The van der Waals surface area contributed by atoms with Crippen molar-refractivity contribution in [2.45, 2.75) is 24.7 Å². The van der Waals surface area contributed by atoms with Crippen LogP contribution in [0.5, 0.6) is 5.88 Å². The lowest BCUT2D eigenvalue weighted by atomic mass is 10.4. The molecule has 0 aliphatic heterocycles. The molecule has 1 N–H and O–H groups in total. The fourth-order valence-electron chi connectivity index (χ4n) is 1.91. The first kappa shape index (κ1) is 23.9. The number of rotatable bonds is 4. The quantitative estimate of drug-likeness (QED) is 0.406. The normalized spacial score (nSPS) is 22.3. The monoisotopic (exact) mass is 546 g/mol. The van der Waals surface area contributed by atoms with Gasteiger partial charge < -0.3 is 9.84 Å². The number of ether oxygens (including phenoxy) is 1. The first-order chi connectivity index (χ1) is 13.5. The number of halogens is 7. The molecule has 2 unspecified atom stereocenters. The molecule has 2 aromatic heterocycles. The highest BCUT2D eigenvalue weighted by Crippen LogP contribution is 2.48. The number of aliphatic hydroxyl groups is 1. The first-order valence-corrected chi connectivity index (χ1v) is 10.00. The van der Waals surface area contributed by atoms with Crippen LogP contribution in [0.25, 0.3) is 0 Å². The van der Waals surface area contributed by atoms with Crippen molar-refractivity contribution in [2.75, 3.05) is 13.2 Å². The van der Waals surface area contributed by atoms with E-state index in [0.717, 1.165) is 8.95 Å². The number of hydrogen-bond acceptors (Lipinski definition) is 4. The third-order valence-corrected chi connectivity index (χ3v) is 4.89. The van der Waals surface area contributed by atoms with Crippen molar-refractivity contribution in [3.8, 4) is 5.88 Å². The van der Waals surface area contributed by atoms with E-state index in [0.29, 0.717) is 5.88 Å². The minimum atomic E-state index is -2.53. The van der Waals surface area contributed by atoms with Crippen LogP contribution >= 0.6 is 31.9 Å². The number of pyridine rings is 2. The Hall–Kier alpha value is -1.33. The molecule has 4 rings (SSSR count). The lowest BCUT2D eigenvalue weighted by molar-refractivity contribution is 0.0819. The Bertz CT molecular complexity index is 758. The number of nitrogens with zero attached hydrogens (tertiary/aromatic N) is 2. The lowest BCUT2D eigenvalue weighted by Crippen LogP contribution is -2.06. The summed E-state index contributed by atoms with van der Waals surface area (Å²) in [5, 5.41) is 8.06. The summed E-state index contributed by atoms with van der Waals surface area (Å²) in [5.74, 6) is -6.48. The molecule has 160 valence electrons. The highest BCUT2D eigenvalue weighted by atomic mass is 79.9. The van der Waals surface area contributed by atoms with E-state index in [-0.39, 0.29) is 26.1 Å². The lowest BCUT2D eigenvalue weighted by Gasteiger charge is -2.03. The van der Waals surface area contributed by atoms with E-state index in [1.807, 2.05) is 0 Å². The first-order valence-electron chi connectivity index (χ1n) is 8.41. The van der Waals surface area contributed by atoms with Crippen LogP contribution in [0.15, 0.2) is 45.6 Å². The summed E-state index contributed by atoms with van der Waals surface area (Å²) in [5.41, 5.74) is 0. The van der Waals surface area contributed by atoms with E-state index in [4.69, 9.17) is 9.84 Å². The third-order valence-electron chi connectivity index (χ3n) is 3.96. The Labute approximate surface area is 180 Å². The fraction of sp³-hybridized carbons (Fsp3) is 0.444. The Morgan fingerprint density at radius 3 is 1.76 bits per heavy atom. The van der Waals surface area contributed by atoms with E-state index >= 15 is 0 Å². The molecule has 2 aliphatic rings. The van der Waals surface area contributed by atoms with Crippen molar-refractivity contribution >= 4 is 31.9 Å². The molecule has 0 radical (unpaired) electrons. The second kappa shape index (κ2) is 10.1. The highest BCUT2D eigenvalue weighted by Gasteiger charge is 2.57. The van der Waals surface area contributed by atoms with Gasteiger partial charge in [-0.3, -0.25) is 0 Å². The molecule has 2 aromatic rings. The maximum atomic E-state index is 12.5. The molecule has 0 spiro atoms. The Morgan fingerprint density at radius 2 is 1.45 bits per heavy atom. The van der Waals surface area contributed by atoms with Crippen molar-refractivity contribution in [2.24, 2.45) is 11.8 Å². The molecule has 29 heavy (non-hydrogen) atoms. The van der Waals surface area contributed by atoms with Gasteiger partial charge in [-0.2, -0.15) is 4.39 Å². The minimum Gasteiger partial charge on any atom is -0.477 e. The Balaban J connectivity index is 0.000000170. The number of hydrogen-bond donors (Lipinski definition) is 1. The van der Waals surface area contributed by atoms with E-state index in [9.17, 15) is 22.0 Å². The van der Waals surface area contributed by atoms with Gasteiger partial charge in [0.1, 0.15) is 0 Å². The Kier molecular flexibility index (Phi) is 8.36. The zero-order chi connectivity index (χ0) is 21.7. The van der Waals surface area contributed by atoms with Gasteiger partial charge in [-0.05, 0) is 50.1 Å². The molecule has 11 heteroatoms. The van der Waals surface area contributed by atoms with Gasteiger partial charge in [-0.1, -0.05) is 0 Å². The van der Waals surface area contributed by atoms with Crippen molar-refractivity contribution in [3.63, 3.8) is 0 Å². The predicted octanol–water partition coefficient (Wildman–Crippen LogP) is 5.50. The molecule has 0 bridgehead atoms. The fourth-order valence-corrected chi connectivity index (χ4v) is 2.38. The molecule has 2 saturated carbocycles. The maximum Gasteiger partial charge on any atom is 0.255 e. The average molecular weight is 548 g/mol. The topological polar surface area (TPSA) is 55.2 Å². The summed E-state index contributed by atoms with van der Waals surface area (Å²) in [6.07, 6.45) is 2.79. The maximum absolute atomic E-state index is 12.5. The molecular weight excluding hydrogens is 531 g/mol. The molecular formula is C18H17Br2F5N2O2. The van der Waals surface area contributed by atoms with Crippen molar-refractivity contribution in [1.29, 1.82) is 0 Å². The van der Waals surface area contributed by atoms with Crippen LogP contribution in [0.1, 0.15) is 12.8 Å². The smallest absolute Gasteiger partial charge is 0.255 e. The molecule has 2 atom stereocenters. The Morgan fingerprint density at radius 1 is 0.931 bits per heavy atom. The molecule has 4 nitrogen and oxygen atoms in total. The second-order valence-electron chi connectivity index (χ2n) is 6.43. The van der Waals surface area contributed by atoms with Crippen LogP contribution < -0.4 is 4.74 Å². The van der Waals surface area contributed by atoms with Gasteiger partial charge in [-0.15, -0.1) is 0 Å². The standard InChI is InChI=1S/C9H8BrF2NO.C5H3BrFN.C4H6F2O/c10-7-1-2-8(13-4-7)14-5-6-3-9(6,11)12;6-4-1-2-5(7)8-3-4;5-4(6)1-3(4)2-7/h1-2,4,6H,3,5H2;1-3H;3,7H,1-2H2. The molecule has 2 aliphatic carbocycles. The number of alkyl halides is 4. The summed E-state index contributed by atoms with van der Waals surface area (Å²) in [6.45, 7) is -0.325. The van der Waals surface area contributed by atoms with Crippen LogP contribution in [0.3, 0.4) is 0 Å². The number of aliphatic hydroxyl groups excluding tert-OH is 1. The van der Waals surface area contributed by atoms with Gasteiger partial charge in [0, 0.05) is 40.2 Å². The minimum absolute atomic E-state index is 0.0433. The van der Waals surface area contributed by atoms with Crippen molar-refractivity contribution in [1.82, 2.24) is 9.97 Å². The van der Waals surface area contributed by atoms with Gasteiger partial charge in [0.25, 0.3) is 11.8 Å². The molecule has 0 saturated heterocycles. The zero-order valence-electron chi connectivity index (χ0n) is 14.8. The molecule has 0 aromatic carbocycles. The van der Waals surface area contributed by atoms with Gasteiger partial charge in [-0.25, -0.2) is 27.5 Å². The van der Waals surface area contributed by atoms with Crippen molar-refractivity contribution in [3.05, 3.63) is 51.6 Å². The van der Waals surface area contributed by atoms with Gasteiger partial charge in [0.2, 0.25) is 11.8 Å². The third kappa shape index (κ3) is 8.51. The largest absolute Gasteiger partial charge is 0.477 e. The predicted molar refractivity (Wildman–Crippen MR) is 103 cm³/mol. The van der Waals surface area contributed by atoms with E-state index < -0.39 is 29.6 Å². The van der Waals surface area contributed by atoms with Gasteiger partial charge >= 0.3 is 0 Å². The highest BCUT2D eigenvalue weighted by molar-refractivity contribution is 9.10. The second-order valence-corrected chi connectivity index (χ2v) is 8.26. The van der Waals surface area contributed by atoms with Gasteiger partial charge in [0.15, 0.2) is 0 Å². The van der Waals surface area contributed by atoms with Gasteiger partial charge in [0.05, 0.1) is 25.0 Å². The van der Waals surface area contributed by atoms with Crippen LogP contribution in [0, 0.1) is 17.8 Å². The summed E-state index contributed by atoms with van der Waals surface area (Å²) in [4.78, 5) is 7.28.